The zero-order valence-electron chi connectivity index (χ0n) is 12.9. The molecule has 1 saturated heterocycles. The number of hydrogen-bond acceptors (Lipinski definition) is 4. The summed E-state index contributed by atoms with van der Waals surface area (Å²) in [5.41, 5.74) is 1.09. The van der Waals surface area contributed by atoms with E-state index < -0.39 is 0 Å². The van der Waals surface area contributed by atoms with Gasteiger partial charge in [-0.3, -0.25) is 4.90 Å². The Bertz CT molecular complexity index is 408. The molecule has 0 saturated carbocycles. The zero-order valence-corrected chi connectivity index (χ0v) is 12.9. The molecular weight excluding hydrogens is 250 g/mol. The smallest absolute Gasteiger partial charge is 0.213 e. The molecule has 1 aromatic heterocycles. The van der Waals surface area contributed by atoms with Gasteiger partial charge in [0.15, 0.2) is 0 Å². The Morgan fingerprint density at radius 1 is 1.45 bits per heavy atom. The van der Waals surface area contributed by atoms with Crippen molar-refractivity contribution >= 4 is 0 Å². The molecule has 112 valence electrons. The fourth-order valence-corrected chi connectivity index (χ4v) is 2.84. The van der Waals surface area contributed by atoms with Gasteiger partial charge in [0.2, 0.25) is 5.88 Å². The molecule has 1 aromatic rings. The maximum Gasteiger partial charge on any atom is 0.213 e. The molecule has 1 N–H and O–H groups in total. The van der Waals surface area contributed by atoms with E-state index in [-0.39, 0.29) is 0 Å². The topological polar surface area (TPSA) is 37.4 Å². The Morgan fingerprint density at radius 2 is 2.30 bits per heavy atom. The Labute approximate surface area is 122 Å². The lowest BCUT2D eigenvalue weighted by Crippen LogP contribution is -2.38. The Hall–Kier alpha value is -1.13. The molecule has 0 bridgehead atoms. The van der Waals surface area contributed by atoms with Crippen molar-refractivity contribution < 1.29 is 4.74 Å². The summed E-state index contributed by atoms with van der Waals surface area (Å²) in [5.74, 6) is 1.44. The highest BCUT2D eigenvalue weighted by Gasteiger charge is 2.19. The first-order chi connectivity index (χ1) is 9.67. The van der Waals surface area contributed by atoms with Crippen LogP contribution in [0, 0.1) is 5.92 Å². The molecule has 2 rings (SSSR count). The lowest BCUT2D eigenvalue weighted by atomic mass is 10.0. The van der Waals surface area contributed by atoms with Crippen molar-refractivity contribution in [1.29, 1.82) is 0 Å². The average Bonchev–Trinajstić information content (AvgIpc) is 2.63. The van der Waals surface area contributed by atoms with Crippen LogP contribution in [0.25, 0.3) is 0 Å². The quantitative estimate of drug-likeness (QED) is 0.896. The van der Waals surface area contributed by atoms with Gasteiger partial charge in [0.05, 0.1) is 12.8 Å². The molecule has 0 amide bonds. The molecule has 1 unspecified atom stereocenters. The summed E-state index contributed by atoms with van der Waals surface area (Å²) in [6.07, 6.45) is 2.45. The summed E-state index contributed by atoms with van der Waals surface area (Å²) in [6.45, 7) is 8.87. The largest absolute Gasteiger partial charge is 0.481 e. The minimum atomic E-state index is 0.600. The van der Waals surface area contributed by atoms with Crippen LogP contribution < -0.4 is 10.1 Å². The van der Waals surface area contributed by atoms with Crippen LogP contribution in [0.3, 0.4) is 0 Å². The van der Waals surface area contributed by atoms with Crippen molar-refractivity contribution in [1.82, 2.24) is 15.2 Å². The molecule has 0 radical (unpaired) electrons. The fraction of sp³-hybridized carbons (Fsp3) is 0.688. The lowest BCUT2D eigenvalue weighted by molar-refractivity contribution is 0.244. The molecule has 1 fully saturated rings. The van der Waals surface area contributed by atoms with Crippen LogP contribution in [0.1, 0.15) is 32.4 Å². The Morgan fingerprint density at radius 3 is 3.05 bits per heavy atom. The van der Waals surface area contributed by atoms with Gasteiger partial charge in [-0.25, -0.2) is 4.98 Å². The van der Waals surface area contributed by atoms with Crippen molar-refractivity contribution in [3.63, 3.8) is 0 Å². The molecule has 1 aliphatic rings. The summed E-state index contributed by atoms with van der Waals surface area (Å²) in [4.78, 5) is 7.03. The van der Waals surface area contributed by atoms with Crippen molar-refractivity contribution in [3.8, 4) is 5.88 Å². The molecule has 0 aromatic carbocycles. The van der Waals surface area contributed by atoms with Gasteiger partial charge in [-0.05, 0) is 37.9 Å². The second-order valence-corrected chi connectivity index (χ2v) is 6.04. The van der Waals surface area contributed by atoms with Gasteiger partial charge < -0.3 is 10.1 Å². The third-order valence-corrected chi connectivity index (χ3v) is 3.69. The average molecular weight is 277 g/mol. The minimum absolute atomic E-state index is 0.600. The lowest BCUT2D eigenvalue weighted by Gasteiger charge is -2.25. The third kappa shape index (κ3) is 4.76. The summed E-state index contributed by atoms with van der Waals surface area (Å²) in [7, 11) is 1.67. The fourth-order valence-electron chi connectivity index (χ4n) is 2.84. The maximum absolute atomic E-state index is 5.20. The first-order valence-electron chi connectivity index (χ1n) is 7.63. The second kappa shape index (κ2) is 7.60. The van der Waals surface area contributed by atoms with Crippen LogP contribution in [-0.2, 0) is 6.54 Å². The number of pyridine rings is 1. The summed E-state index contributed by atoms with van der Waals surface area (Å²) >= 11 is 0. The second-order valence-electron chi connectivity index (χ2n) is 6.04. The predicted octanol–water partition coefficient (Wildman–Crippen LogP) is 2.30. The molecule has 1 aliphatic heterocycles. The highest BCUT2D eigenvalue weighted by atomic mass is 16.5. The number of methoxy groups -OCH3 is 1. The summed E-state index contributed by atoms with van der Waals surface area (Å²) in [5, 5.41) is 3.66. The highest BCUT2D eigenvalue weighted by Crippen LogP contribution is 2.13. The van der Waals surface area contributed by atoms with Crippen molar-refractivity contribution in [3.05, 3.63) is 23.9 Å². The van der Waals surface area contributed by atoms with E-state index in [1.54, 1.807) is 7.11 Å². The number of nitrogens with one attached hydrogen (secondary N) is 1. The van der Waals surface area contributed by atoms with Gasteiger partial charge in [0.1, 0.15) is 0 Å². The van der Waals surface area contributed by atoms with Gasteiger partial charge in [-0.15, -0.1) is 0 Å². The number of ether oxygens (including phenoxy) is 1. The number of nitrogens with zero attached hydrogens (tertiary/aromatic N) is 2. The Balaban J connectivity index is 1.95. The monoisotopic (exact) mass is 277 g/mol. The van der Waals surface area contributed by atoms with Gasteiger partial charge in [-0.2, -0.15) is 0 Å². The molecule has 0 aliphatic carbocycles. The normalized spacial score (nSPS) is 20.9. The molecule has 2 heterocycles. The van der Waals surface area contributed by atoms with Gasteiger partial charge in [0.25, 0.3) is 0 Å². The SMILES string of the molecule is COc1cccc(CN2CCCNC(CC(C)C)C2)n1. The first-order valence-corrected chi connectivity index (χ1v) is 7.63. The molecule has 4 heteroatoms. The van der Waals surface area contributed by atoms with Gasteiger partial charge in [-0.1, -0.05) is 19.9 Å². The van der Waals surface area contributed by atoms with Crippen LogP contribution in [0.2, 0.25) is 0 Å². The van der Waals surface area contributed by atoms with Crippen molar-refractivity contribution in [2.75, 3.05) is 26.7 Å². The van der Waals surface area contributed by atoms with E-state index in [9.17, 15) is 0 Å². The zero-order chi connectivity index (χ0) is 14.4. The van der Waals surface area contributed by atoms with Gasteiger partial charge in [0, 0.05) is 25.2 Å². The van der Waals surface area contributed by atoms with E-state index >= 15 is 0 Å². The molecule has 1 atom stereocenters. The van der Waals surface area contributed by atoms with Crippen molar-refractivity contribution in [2.24, 2.45) is 5.92 Å². The third-order valence-electron chi connectivity index (χ3n) is 3.69. The van der Waals surface area contributed by atoms with Crippen LogP contribution in [-0.4, -0.2) is 42.7 Å². The molecule has 0 spiro atoms. The van der Waals surface area contributed by atoms with Crippen LogP contribution >= 0.6 is 0 Å². The number of hydrogen-bond donors (Lipinski definition) is 1. The van der Waals surface area contributed by atoms with E-state index in [4.69, 9.17) is 4.74 Å². The Kier molecular flexibility index (Phi) is 5.80. The summed E-state index contributed by atoms with van der Waals surface area (Å²) in [6, 6.07) is 6.60. The standard InChI is InChI=1S/C16H27N3O/c1-13(2)10-15-12-19(9-5-8-17-15)11-14-6-4-7-16(18-14)20-3/h4,6-7,13,15,17H,5,8-12H2,1-3H3. The van der Waals surface area contributed by atoms with E-state index in [1.807, 2.05) is 12.1 Å². The van der Waals surface area contributed by atoms with E-state index in [0.29, 0.717) is 11.9 Å². The van der Waals surface area contributed by atoms with Crippen LogP contribution in [0.5, 0.6) is 5.88 Å². The number of aromatic nitrogens is 1. The van der Waals surface area contributed by atoms with E-state index in [0.717, 1.165) is 37.8 Å². The van der Waals surface area contributed by atoms with Gasteiger partial charge >= 0.3 is 0 Å². The predicted molar refractivity (Wildman–Crippen MR) is 81.9 cm³/mol. The molecule has 4 nitrogen and oxygen atoms in total. The van der Waals surface area contributed by atoms with Crippen LogP contribution in [0.15, 0.2) is 18.2 Å². The molecular formula is C16H27N3O. The van der Waals surface area contributed by atoms with Crippen molar-refractivity contribution in [2.45, 2.75) is 39.3 Å². The molecule has 20 heavy (non-hydrogen) atoms. The summed E-state index contributed by atoms with van der Waals surface area (Å²) < 4.78 is 5.20. The highest BCUT2D eigenvalue weighted by molar-refractivity contribution is 5.15. The maximum atomic E-state index is 5.20. The minimum Gasteiger partial charge on any atom is -0.481 e. The van der Waals surface area contributed by atoms with E-state index in [2.05, 4.69) is 35.1 Å². The first kappa shape index (κ1) is 15.3. The number of rotatable bonds is 5. The van der Waals surface area contributed by atoms with E-state index in [1.165, 1.54) is 12.8 Å². The van der Waals surface area contributed by atoms with Crippen LogP contribution in [0.4, 0.5) is 0 Å².